The number of thioether (sulfide) groups is 1. The fraction of sp³-hybridized carbons (Fsp3) is 0.556. The Morgan fingerprint density at radius 2 is 2.04 bits per heavy atom. The lowest BCUT2D eigenvalue weighted by Crippen LogP contribution is -3.11. The minimum Gasteiger partial charge on any atom is -0.349 e. The number of nitrogens with one attached hydrogen (secondary N) is 2. The number of hydrogen-bond acceptors (Lipinski definition) is 3. The van der Waals surface area contributed by atoms with Crippen LogP contribution in [0.15, 0.2) is 29.2 Å². The number of carbonyl (C=O) groups excluding carboxylic acids is 2. The van der Waals surface area contributed by atoms with Crippen molar-refractivity contribution in [2.24, 2.45) is 0 Å². The number of benzene rings is 1. The van der Waals surface area contributed by atoms with Gasteiger partial charge in [0.2, 0.25) is 0 Å². The molecule has 5 nitrogen and oxygen atoms in total. The molecule has 1 heterocycles. The fourth-order valence-corrected chi connectivity index (χ4v) is 3.92. The third-order valence-electron chi connectivity index (χ3n) is 3.91. The quantitative estimate of drug-likeness (QED) is 0.831. The van der Waals surface area contributed by atoms with Gasteiger partial charge in [-0.2, -0.15) is 0 Å². The van der Waals surface area contributed by atoms with Gasteiger partial charge in [-0.3, -0.25) is 9.59 Å². The first-order valence-electron chi connectivity index (χ1n) is 8.53. The Balaban J connectivity index is 2.02. The monoisotopic (exact) mass is 350 g/mol. The zero-order valence-electron chi connectivity index (χ0n) is 15.0. The molecule has 0 saturated heterocycles. The highest BCUT2D eigenvalue weighted by Crippen LogP contribution is 2.37. The van der Waals surface area contributed by atoms with Crippen molar-refractivity contribution in [1.29, 1.82) is 0 Å². The molecule has 0 saturated carbocycles. The predicted molar refractivity (Wildman–Crippen MR) is 98.6 cm³/mol. The number of para-hydroxylation sites is 1. The van der Waals surface area contributed by atoms with Crippen LogP contribution >= 0.6 is 11.8 Å². The highest BCUT2D eigenvalue weighted by Gasteiger charge is 2.26. The summed E-state index contributed by atoms with van der Waals surface area (Å²) >= 11 is 1.83. The first kappa shape index (κ1) is 18.8. The van der Waals surface area contributed by atoms with Gasteiger partial charge < -0.3 is 15.1 Å². The van der Waals surface area contributed by atoms with Gasteiger partial charge in [0, 0.05) is 22.7 Å². The molecule has 6 heteroatoms. The van der Waals surface area contributed by atoms with Crippen molar-refractivity contribution in [2.75, 3.05) is 31.6 Å². The van der Waals surface area contributed by atoms with Crippen LogP contribution in [0.3, 0.4) is 0 Å². The second-order valence-corrected chi connectivity index (χ2v) is 8.24. The third kappa shape index (κ3) is 5.24. The minimum absolute atomic E-state index is 0.0178. The van der Waals surface area contributed by atoms with Crippen molar-refractivity contribution in [3.8, 4) is 0 Å². The molecule has 2 rings (SSSR count). The smallest absolute Gasteiger partial charge is 0.282 e. The molecular formula is C18H28N3O2S+. The third-order valence-corrected chi connectivity index (χ3v) is 5.15. The maximum atomic E-state index is 12.8. The molecule has 0 aromatic heterocycles. The van der Waals surface area contributed by atoms with Crippen LogP contribution in [0, 0.1) is 0 Å². The molecule has 1 aromatic rings. The van der Waals surface area contributed by atoms with E-state index in [9.17, 15) is 9.59 Å². The first-order valence-corrected chi connectivity index (χ1v) is 9.41. The Kier molecular flexibility index (Phi) is 6.69. The van der Waals surface area contributed by atoms with E-state index in [4.69, 9.17) is 0 Å². The molecule has 2 amide bonds. The lowest BCUT2D eigenvalue weighted by molar-refractivity contribution is -0.862. The molecule has 0 radical (unpaired) electrons. The zero-order valence-corrected chi connectivity index (χ0v) is 15.8. The summed E-state index contributed by atoms with van der Waals surface area (Å²) in [6.07, 6.45) is 0.970. The highest BCUT2D eigenvalue weighted by atomic mass is 32.2. The maximum Gasteiger partial charge on any atom is 0.282 e. The average molecular weight is 351 g/mol. The largest absolute Gasteiger partial charge is 0.349 e. The number of rotatable bonds is 5. The van der Waals surface area contributed by atoms with Crippen molar-refractivity contribution < 1.29 is 14.5 Å². The molecule has 132 valence electrons. The SMILES string of the molecule is CC(C)NC(=O)C[NH+](C)CC(=O)N1CC[C@H](C)Sc2ccccc21. The Bertz CT molecular complexity index is 591. The number of nitrogens with zero attached hydrogens (tertiary/aromatic N) is 1. The van der Waals surface area contributed by atoms with E-state index in [0.717, 1.165) is 28.4 Å². The number of quaternary nitrogens is 1. The number of hydrogen-bond donors (Lipinski definition) is 2. The molecule has 1 unspecified atom stereocenters. The minimum atomic E-state index is -0.0178. The lowest BCUT2D eigenvalue weighted by atomic mass is 10.2. The van der Waals surface area contributed by atoms with E-state index in [1.807, 2.05) is 55.8 Å². The van der Waals surface area contributed by atoms with E-state index in [1.54, 1.807) is 0 Å². The summed E-state index contributed by atoms with van der Waals surface area (Å²) in [6.45, 7) is 7.43. The van der Waals surface area contributed by atoms with Crippen LogP contribution < -0.4 is 15.1 Å². The van der Waals surface area contributed by atoms with Gasteiger partial charge in [-0.1, -0.05) is 19.1 Å². The number of amides is 2. The molecule has 1 aromatic carbocycles. The van der Waals surface area contributed by atoms with Crippen LogP contribution in [-0.2, 0) is 9.59 Å². The second-order valence-electron chi connectivity index (χ2n) is 6.76. The molecule has 1 aliphatic rings. The average Bonchev–Trinajstić information content (AvgIpc) is 2.64. The number of anilines is 1. The molecule has 1 aliphatic heterocycles. The standard InChI is InChI=1S/C18H27N3O2S/c1-13(2)19-17(22)11-20(4)12-18(23)21-10-9-14(3)24-16-8-6-5-7-15(16)21/h5-8,13-14H,9-12H2,1-4H3,(H,19,22)/p+1/t14-/m0/s1. The Hall–Kier alpha value is -1.53. The normalized spacial score (nSPS) is 18.7. The van der Waals surface area contributed by atoms with E-state index in [1.165, 1.54) is 0 Å². The van der Waals surface area contributed by atoms with E-state index in [0.29, 0.717) is 18.3 Å². The van der Waals surface area contributed by atoms with Crippen LogP contribution in [0.2, 0.25) is 0 Å². The van der Waals surface area contributed by atoms with Crippen molar-refractivity contribution in [1.82, 2.24) is 5.32 Å². The highest BCUT2D eigenvalue weighted by molar-refractivity contribution is 8.00. The van der Waals surface area contributed by atoms with Gasteiger partial charge in [-0.05, 0) is 32.4 Å². The van der Waals surface area contributed by atoms with Crippen LogP contribution in [-0.4, -0.2) is 49.8 Å². The summed E-state index contributed by atoms with van der Waals surface area (Å²) in [6, 6.07) is 8.20. The molecule has 2 atom stereocenters. The van der Waals surface area contributed by atoms with Gasteiger partial charge in [0.25, 0.3) is 11.8 Å². The maximum absolute atomic E-state index is 12.8. The van der Waals surface area contributed by atoms with Crippen molar-refractivity contribution in [3.05, 3.63) is 24.3 Å². The molecule has 0 aliphatic carbocycles. The number of fused-ring (bicyclic) bond motifs is 1. The first-order chi connectivity index (χ1) is 11.4. The molecule has 0 bridgehead atoms. The topological polar surface area (TPSA) is 53.9 Å². The van der Waals surface area contributed by atoms with Crippen molar-refractivity contribution in [2.45, 2.75) is 43.4 Å². The molecule has 0 spiro atoms. The van der Waals surface area contributed by atoms with Gasteiger partial charge in [0.1, 0.15) is 0 Å². The zero-order chi connectivity index (χ0) is 17.7. The Morgan fingerprint density at radius 1 is 1.33 bits per heavy atom. The van der Waals surface area contributed by atoms with Crippen molar-refractivity contribution >= 4 is 29.3 Å². The van der Waals surface area contributed by atoms with Crippen LogP contribution in [0.25, 0.3) is 0 Å². The molecule has 0 fully saturated rings. The van der Waals surface area contributed by atoms with E-state index in [-0.39, 0.29) is 17.9 Å². The Labute approximate surface area is 148 Å². The summed E-state index contributed by atoms with van der Waals surface area (Å²) in [7, 11) is 1.89. The molecule has 2 N–H and O–H groups in total. The van der Waals surface area contributed by atoms with E-state index >= 15 is 0 Å². The number of carbonyl (C=O) groups is 2. The summed E-state index contributed by atoms with van der Waals surface area (Å²) in [5.41, 5.74) is 0.997. The molecule has 24 heavy (non-hydrogen) atoms. The predicted octanol–water partition coefficient (Wildman–Crippen LogP) is 0.943. The summed E-state index contributed by atoms with van der Waals surface area (Å²) in [5.74, 6) is 0.0581. The van der Waals surface area contributed by atoms with E-state index in [2.05, 4.69) is 18.3 Å². The van der Waals surface area contributed by atoms with E-state index < -0.39 is 0 Å². The Morgan fingerprint density at radius 3 is 2.75 bits per heavy atom. The van der Waals surface area contributed by atoms with Gasteiger partial charge >= 0.3 is 0 Å². The lowest BCUT2D eigenvalue weighted by Gasteiger charge is -2.24. The van der Waals surface area contributed by atoms with Gasteiger partial charge in [0.05, 0.1) is 12.7 Å². The summed E-state index contributed by atoms with van der Waals surface area (Å²) in [4.78, 5) is 28.6. The summed E-state index contributed by atoms with van der Waals surface area (Å²) in [5, 5.41) is 3.36. The second kappa shape index (κ2) is 8.53. The van der Waals surface area contributed by atoms with Crippen molar-refractivity contribution in [3.63, 3.8) is 0 Å². The van der Waals surface area contributed by atoms with Crippen LogP contribution in [0.5, 0.6) is 0 Å². The summed E-state index contributed by atoms with van der Waals surface area (Å²) < 4.78 is 0. The molecular weight excluding hydrogens is 322 g/mol. The van der Waals surface area contributed by atoms with Gasteiger partial charge in [0.15, 0.2) is 13.1 Å². The van der Waals surface area contributed by atoms with Gasteiger partial charge in [-0.15, -0.1) is 11.8 Å². The van der Waals surface area contributed by atoms with Crippen LogP contribution in [0.4, 0.5) is 5.69 Å². The fourth-order valence-electron chi connectivity index (χ4n) is 2.81. The van der Waals surface area contributed by atoms with Crippen LogP contribution in [0.1, 0.15) is 27.2 Å². The van der Waals surface area contributed by atoms with Gasteiger partial charge in [-0.25, -0.2) is 0 Å². The number of likely N-dealkylation sites (N-methyl/N-ethyl adjacent to an activating group) is 1.